The Bertz CT molecular complexity index is 2090. The van der Waals surface area contributed by atoms with Crippen molar-refractivity contribution < 1.29 is 18.9 Å². The molecule has 6 aromatic carbocycles. The van der Waals surface area contributed by atoms with E-state index in [0.29, 0.717) is 11.8 Å². The van der Waals surface area contributed by atoms with Crippen molar-refractivity contribution in [2.75, 3.05) is 38.2 Å². The van der Waals surface area contributed by atoms with Gasteiger partial charge in [-0.2, -0.15) is 0 Å². The molecule has 0 aliphatic heterocycles. The number of fused-ring (bicyclic) bond motifs is 3. The number of anilines is 6. The van der Waals surface area contributed by atoms with Gasteiger partial charge in [-0.1, -0.05) is 91.2 Å². The topological polar surface area (TPSA) is 43.4 Å². The van der Waals surface area contributed by atoms with Crippen LogP contribution in [-0.2, 0) is 5.41 Å². The van der Waals surface area contributed by atoms with E-state index in [2.05, 4.69) is 171 Å². The molecule has 0 saturated heterocycles. The largest absolute Gasteiger partial charge is 0.497 e. The van der Waals surface area contributed by atoms with Crippen LogP contribution in [-0.4, -0.2) is 28.4 Å². The molecule has 0 bridgehead atoms. The lowest BCUT2D eigenvalue weighted by atomic mass is 9.65. The summed E-state index contributed by atoms with van der Waals surface area (Å²) in [6, 6.07) is 48.3. The Hall–Kier alpha value is -5.88. The van der Waals surface area contributed by atoms with Crippen molar-refractivity contribution in [1.82, 2.24) is 0 Å². The van der Waals surface area contributed by atoms with E-state index in [0.717, 1.165) is 82.8 Å². The zero-order chi connectivity index (χ0) is 44.3. The minimum absolute atomic E-state index is 0.212. The van der Waals surface area contributed by atoms with E-state index < -0.39 is 0 Å². The van der Waals surface area contributed by atoms with Gasteiger partial charge in [0.15, 0.2) is 0 Å². The summed E-state index contributed by atoms with van der Waals surface area (Å²) in [6.07, 6.45) is 11.9. The molecule has 0 fully saturated rings. The number of rotatable bonds is 22. The summed E-state index contributed by atoms with van der Waals surface area (Å²) in [5.41, 5.74) is 12.0. The van der Waals surface area contributed by atoms with E-state index in [1.807, 2.05) is 0 Å². The Kier molecular flexibility index (Phi) is 15.0. The number of hydrogen-bond acceptors (Lipinski definition) is 6. The minimum atomic E-state index is -0.212. The molecule has 0 saturated carbocycles. The number of unbranched alkanes of at least 4 members (excludes halogenated alkanes) is 2. The first-order valence-electron chi connectivity index (χ1n) is 23.3. The number of ether oxygens (including phenoxy) is 4. The van der Waals surface area contributed by atoms with Crippen LogP contribution in [0.1, 0.15) is 103 Å². The standard InChI is InChI=1S/C57H68N2O4/c1-9-13-15-41(11-3)39-57(40-42(12-4)16-14-10-2)55-37-47(58(43-17-27-49(60-5)28-18-43)44-19-29-50(61-6)30-20-44)25-35-53(55)54-36-26-48(38-56(54)57)59(45-21-31-51(62-7)32-22-45)46-23-33-52(63-8)34-24-46/h17-38,41-42H,9-16,39-40H2,1-8H3. The summed E-state index contributed by atoms with van der Waals surface area (Å²) in [6.45, 7) is 9.49. The second kappa shape index (κ2) is 21.0. The summed E-state index contributed by atoms with van der Waals surface area (Å²) in [7, 11) is 6.89. The normalized spacial score (nSPS) is 13.4. The second-order valence-electron chi connectivity index (χ2n) is 17.2. The molecule has 63 heavy (non-hydrogen) atoms. The maximum atomic E-state index is 5.62. The van der Waals surface area contributed by atoms with Crippen molar-refractivity contribution in [3.05, 3.63) is 145 Å². The van der Waals surface area contributed by atoms with Crippen molar-refractivity contribution in [3.8, 4) is 34.1 Å². The van der Waals surface area contributed by atoms with E-state index in [1.165, 1.54) is 60.8 Å². The Labute approximate surface area is 377 Å². The van der Waals surface area contributed by atoms with Crippen LogP contribution >= 0.6 is 0 Å². The maximum absolute atomic E-state index is 5.62. The van der Waals surface area contributed by atoms with Gasteiger partial charge in [-0.15, -0.1) is 0 Å². The monoisotopic (exact) mass is 845 g/mol. The summed E-state index contributed by atoms with van der Waals surface area (Å²) >= 11 is 0. The molecule has 7 rings (SSSR count). The number of nitrogens with zero attached hydrogens (tertiary/aromatic N) is 2. The molecule has 6 nitrogen and oxygen atoms in total. The molecule has 0 heterocycles. The zero-order valence-corrected chi connectivity index (χ0v) is 39.0. The van der Waals surface area contributed by atoms with Crippen LogP contribution in [0.25, 0.3) is 11.1 Å². The Morgan fingerprint density at radius 3 is 0.937 bits per heavy atom. The van der Waals surface area contributed by atoms with Crippen LogP contribution in [0.4, 0.5) is 34.1 Å². The van der Waals surface area contributed by atoms with E-state index in [4.69, 9.17) is 18.9 Å². The molecule has 1 aliphatic rings. The van der Waals surface area contributed by atoms with Crippen molar-refractivity contribution >= 4 is 34.1 Å². The Balaban J connectivity index is 1.48. The van der Waals surface area contributed by atoms with Gasteiger partial charge in [0.25, 0.3) is 0 Å². The number of hydrogen-bond donors (Lipinski definition) is 0. The fraction of sp³-hybridized carbons (Fsp3) is 0.368. The van der Waals surface area contributed by atoms with Crippen LogP contribution in [0.2, 0.25) is 0 Å². The summed E-state index contributed by atoms with van der Waals surface area (Å²) in [5.74, 6) is 4.50. The van der Waals surface area contributed by atoms with E-state index in [9.17, 15) is 0 Å². The van der Waals surface area contributed by atoms with Gasteiger partial charge in [0.2, 0.25) is 0 Å². The van der Waals surface area contributed by atoms with E-state index in [-0.39, 0.29) is 5.41 Å². The van der Waals surface area contributed by atoms with E-state index in [1.54, 1.807) is 28.4 Å². The lowest BCUT2D eigenvalue weighted by Crippen LogP contribution is -2.32. The summed E-state index contributed by atoms with van der Waals surface area (Å²) in [4.78, 5) is 4.77. The molecule has 0 radical (unpaired) electrons. The van der Waals surface area contributed by atoms with Gasteiger partial charge in [0.05, 0.1) is 28.4 Å². The molecule has 330 valence electrons. The molecule has 0 spiro atoms. The van der Waals surface area contributed by atoms with Gasteiger partial charge in [0, 0.05) is 39.5 Å². The van der Waals surface area contributed by atoms with Crippen molar-refractivity contribution in [2.24, 2.45) is 11.8 Å². The third-order valence-electron chi connectivity index (χ3n) is 13.5. The third-order valence-corrected chi connectivity index (χ3v) is 13.5. The fourth-order valence-corrected chi connectivity index (χ4v) is 9.96. The van der Waals surface area contributed by atoms with Crippen LogP contribution in [0.3, 0.4) is 0 Å². The van der Waals surface area contributed by atoms with Crippen LogP contribution in [0.15, 0.2) is 133 Å². The molecular weight excluding hydrogens is 777 g/mol. The quantitative estimate of drug-likeness (QED) is 0.0678. The Morgan fingerprint density at radius 1 is 0.397 bits per heavy atom. The highest BCUT2D eigenvalue weighted by atomic mass is 16.5. The van der Waals surface area contributed by atoms with Crippen LogP contribution in [0, 0.1) is 11.8 Å². The van der Waals surface area contributed by atoms with Gasteiger partial charge >= 0.3 is 0 Å². The molecular formula is C57H68N2O4. The first kappa shape index (κ1) is 45.2. The van der Waals surface area contributed by atoms with Gasteiger partial charge < -0.3 is 28.7 Å². The highest BCUT2D eigenvalue weighted by Gasteiger charge is 2.46. The van der Waals surface area contributed by atoms with Crippen molar-refractivity contribution in [2.45, 2.75) is 97.3 Å². The van der Waals surface area contributed by atoms with Crippen molar-refractivity contribution in [3.63, 3.8) is 0 Å². The molecule has 1 aliphatic carbocycles. The second-order valence-corrected chi connectivity index (χ2v) is 17.2. The predicted octanol–water partition coefficient (Wildman–Crippen LogP) is 16.1. The lowest BCUT2D eigenvalue weighted by molar-refractivity contribution is 0.266. The van der Waals surface area contributed by atoms with Gasteiger partial charge in [-0.3, -0.25) is 0 Å². The Morgan fingerprint density at radius 2 is 0.683 bits per heavy atom. The SMILES string of the molecule is CCCCC(CC)CC1(CC(CC)CCCC)c2cc(N(c3ccc(OC)cc3)c3ccc(OC)cc3)ccc2-c2ccc(N(c3ccc(OC)cc3)c3ccc(OC)cc3)cc21. The molecule has 2 atom stereocenters. The van der Waals surface area contributed by atoms with Crippen LogP contribution in [0.5, 0.6) is 23.0 Å². The average molecular weight is 845 g/mol. The van der Waals surface area contributed by atoms with Gasteiger partial charge in [0.1, 0.15) is 23.0 Å². The molecule has 0 aromatic heterocycles. The summed E-state index contributed by atoms with van der Waals surface area (Å²) < 4.78 is 22.5. The number of methoxy groups -OCH3 is 4. The molecule has 2 unspecified atom stereocenters. The van der Waals surface area contributed by atoms with Crippen molar-refractivity contribution in [1.29, 1.82) is 0 Å². The zero-order valence-electron chi connectivity index (χ0n) is 39.0. The fourth-order valence-electron chi connectivity index (χ4n) is 9.96. The van der Waals surface area contributed by atoms with Gasteiger partial charge in [-0.25, -0.2) is 0 Å². The predicted molar refractivity (Wildman–Crippen MR) is 264 cm³/mol. The maximum Gasteiger partial charge on any atom is 0.119 e. The first-order chi connectivity index (χ1) is 30.8. The first-order valence-corrected chi connectivity index (χ1v) is 23.3. The lowest BCUT2D eigenvalue weighted by Gasteiger charge is -2.39. The van der Waals surface area contributed by atoms with Crippen LogP contribution < -0.4 is 28.7 Å². The van der Waals surface area contributed by atoms with E-state index >= 15 is 0 Å². The number of benzene rings is 6. The van der Waals surface area contributed by atoms with Gasteiger partial charge in [-0.05, 0) is 168 Å². The highest BCUT2D eigenvalue weighted by molar-refractivity contribution is 5.89. The molecule has 0 amide bonds. The average Bonchev–Trinajstić information content (AvgIpc) is 3.59. The molecule has 6 aromatic rings. The smallest absolute Gasteiger partial charge is 0.119 e. The molecule has 6 heteroatoms. The third kappa shape index (κ3) is 9.71. The summed E-state index contributed by atoms with van der Waals surface area (Å²) in [5, 5.41) is 0. The highest BCUT2D eigenvalue weighted by Crippen LogP contribution is 2.58. The molecule has 0 N–H and O–H groups in total. The minimum Gasteiger partial charge on any atom is -0.497 e.